The van der Waals surface area contributed by atoms with Crippen molar-refractivity contribution in [1.29, 1.82) is 0 Å². The molecular weight excluding hydrogens is 510 g/mol. The number of hydrogen-bond acceptors (Lipinski definition) is 7. The van der Waals surface area contributed by atoms with Crippen molar-refractivity contribution in [2.45, 2.75) is 84.6 Å². The van der Waals surface area contributed by atoms with Gasteiger partial charge in [-0.3, -0.25) is 9.59 Å². The molecule has 2 aliphatic rings. The van der Waals surface area contributed by atoms with Crippen LogP contribution >= 0.6 is 0 Å². The Kier molecular flexibility index (Phi) is 6.80. The molecule has 5 rings (SSSR count). The number of rotatable bonds is 5. The van der Waals surface area contributed by atoms with Crippen molar-refractivity contribution >= 4 is 28.7 Å². The van der Waals surface area contributed by atoms with Crippen LogP contribution < -0.4 is 10.9 Å². The number of nitrogens with zero attached hydrogens (tertiary/aromatic N) is 2. The minimum absolute atomic E-state index is 0.0730. The molecule has 1 unspecified atom stereocenters. The quantitative estimate of drug-likeness (QED) is 0.363. The number of fused-ring (bicyclic) bond motifs is 5. The SMILES string of the molecule is CC[C@@]1(OC(=O)C(NC(=O)OC(C)(C)C)C(C)C)C(=O)CCc2c1cc1n(c2=O)Cc2cc3ccccc3nc2-1. The van der Waals surface area contributed by atoms with Crippen LogP contribution in [0.1, 0.15) is 71.1 Å². The molecule has 1 N–H and O–H groups in total. The van der Waals surface area contributed by atoms with Gasteiger partial charge < -0.3 is 19.4 Å². The molecule has 40 heavy (non-hydrogen) atoms. The number of carbonyl (C=O) groups is 3. The summed E-state index contributed by atoms with van der Waals surface area (Å²) in [6, 6.07) is 10.5. The number of benzene rings is 1. The van der Waals surface area contributed by atoms with Crippen LogP contribution in [0.15, 0.2) is 41.2 Å². The summed E-state index contributed by atoms with van der Waals surface area (Å²) in [5.74, 6) is -1.37. The molecule has 9 nitrogen and oxygen atoms in total. The number of carbonyl (C=O) groups excluding carboxylic acids is 3. The van der Waals surface area contributed by atoms with Gasteiger partial charge in [0.2, 0.25) is 0 Å². The molecule has 0 fully saturated rings. The number of aromatic nitrogens is 2. The van der Waals surface area contributed by atoms with Gasteiger partial charge in [-0.15, -0.1) is 0 Å². The average Bonchev–Trinajstić information content (AvgIpc) is 3.24. The Hall–Kier alpha value is -4.01. The third kappa shape index (κ3) is 4.67. The summed E-state index contributed by atoms with van der Waals surface area (Å²) in [6.45, 7) is 10.9. The van der Waals surface area contributed by atoms with Gasteiger partial charge in [-0.1, -0.05) is 39.0 Å². The lowest BCUT2D eigenvalue weighted by Gasteiger charge is -2.38. The second-order valence-electron chi connectivity index (χ2n) is 11.9. The zero-order valence-electron chi connectivity index (χ0n) is 23.8. The molecule has 1 aliphatic carbocycles. The van der Waals surface area contributed by atoms with Gasteiger partial charge >= 0.3 is 12.1 Å². The zero-order valence-corrected chi connectivity index (χ0v) is 23.8. The number of alkyl carbamates (subject to hydrolysis) is 1. The van der Waals surface area contributed by atoms with Crippen molar-refractivity contribution in [2.24, 2.45) is 5.92 Å². The summed E-state index contributed by atoms with van der Waals surface area (Å²) < 4.78 is 13.1. The fourth-order valence-corrected chi connectivity index (χ4v) is 5.65. The molecule has 1 aromatic carbocycles. The smallest absolute Gasteiger partial charge is 0.408 e. The molecule has 1 amide bonds. The van der Waals surface area contributed by atoms with Crippen LogP contribution in [0, 0.1) is 5.92 Å². The molecule has 0 spiro atoms. The van der Waals surface area contributed by atoms with E-state index in [1.807, 2.05) is 30.3 Å². The van der Waals surface area contributed by atoms with Crippen molar-refractivity contribution in [3.05, 3.63) is 63.4 Å². The number of ether oxygens (including phenoxy) is 2. The molecule has 0 saturated carbocycles. The predicted molar refractivity (Wildman–Crippen MR) is 150 cm³/mol. The Bertz CT molecular complexity index is 1600. The normalized spacial score (nSPS) is 18.6. The van der Waals surface area contributed by atoms with Gasteiger partial charge in [0.25, 0.3) is 5.56 Å². The number of esters is 1. The van der Waals surface area contributed by atoms with Gasteiger partial charge in [0, 0.05) is 28.5 Å². The summed E-state index contributed by atoms with van der Waals surface area (Å²) >= 11 is 0. The van der Waals surface area contributed by atoms with E-state index in [9.17, 15) is 19.2 Å². The predicted octanol–water partition coefficient (Wildman–Crippen LogP) is 4.64. The summed E-state index contributed by atoms with van der Waals surface area (Å²) in [5, 5.41) is 3.59. The maximum Gasteiger partial charge on any atom is 0.408 e. The third-order valence-electron chi connectivity index (χ3n) is 7.63. The molecule has 210 valence electrons. The maximum absolute atomic E-state index is 13.8. The first-order chi connectivity index (χ1) is 18.8. The summed E-state index contributed by atoms with van der Waals surface area (Å²) in [4.78, 5) is 58.3. The number of hydrogen-bond donors (Lipinski definition) is 1. The van der Waals surface area contributed by atoms with E-state index in [-0.39, 0.29) is 36.5 Å². The Morgan fingerprint density at radius 3 is 2.52 bits per heavy atom. The van der Waals surface area contributed by atoms with Crippen LogP contribution in [0.3, 0.4) is 0 Å². The lowest BCUT2D eigenvalue weighted by Crippen LogP contribution is -2.52. The molecule has 3 aromatic rings. The number of Topliss-reactive ketones (excluding diaryl/α,β-unsaturated/α-hetero) is 1. The van der Waals surface area contributed by atoms with Gasteiger partial charge in [-0.25, -0.2) is 14.6 Å². The molecule has 0 saturated heterocycles. The number of amides is 1. The van der Waals surface area contributed by atoms with E-state index in [0.717, 1.165) is 16.5 Å². The number of para-hydroxylation sites is 1. The Labute approximate surface area is 232 Å². The first kappa shape index (κ1) is 27.6. The van der Waals surface area contributed by atoms with Gasteiger partial charge in [-0.05, 0) is 57.7 Å². The summed E-state index contributed by atoms with van der Waals surface area (Å²) in [6.07, 6.45) is -0.274. The van der Waals surface area contributed by atoms with E-state index < -0.39 is 29.3 Å². The Morgan fingerprint density at radius 1 is 1.12 bits per heavy atom. The van der Waals surface area contributed by atoms with Crippen LogP contribution in [0.25, 0.3) is 22.3 Å². The van der Waals surface area contributed by atoms with Crippen molar-refractivity contribution in [1.82, 2.24) is 14.9 Å². The van der Waals surface area contributed by atoms with Crippen LogP contribution in [0.5, 0.6) is 0 Å². The first-order valence-corrected chi connectivity index (χ1v) is 13.8. The molecule has 0 radical (unpaired) electrons. The topological polar surface area (TPSA) is 117 Å². The molecule has 1 aliphatic heterocycles. The van der Waals surface area contributed by atoms with Crippen molar-refractivity contribution in [2.75, 3.05) is 0 Å². The average molecular weight is 546 g/mol. The van der Waals surface area contributed by atoms with Crippen molar-refractivity contribution < 1.29 is 23.9 Å². The molecule has 2 atom stereocenters. The number of nitrogens with one attached hydrogen (secondary N) is 1. The number of pyridine rings is 2. The molecule has 9 heteroatoms. The standard InChI is InChI=1S/C31H35N3O6/c1-7-31(39-28(37)25(17(2)3)33-29(38)40-30(4,5)6)21-15-23-26-19(14-18-10-8-9-11-22(18)32-26)16-34(23)27(36)20(21)12-13-24(31)35/h8-11,14-15,17,25H,7,12-13,16H2,1-6H3,(H,33,38)/t25?,31-/m0/s1. The van der Waals surface area contributed by atoms with Gasteiger partial charge in [-0.2, -0.15) is 0 Å². The lowest BCUT2D eigenvalue weighted by molar-refractivity contribution is -0.173. The Balaban J connectivity index is 1.57. The molecule has 2 aromatic heterocycles. The van der Waals surface area contributed by atoms with E-state index in [1.165, 1.54) is 0 Å². The minimum atomic E-state index is -1.65. The molecule has 3 heterocycles. The lowest BCUT2D eigenvalue weighted by atomic mass is 9.76. The van der Waals surface area contributed by atoms with Crippen LogP contribution in [-0.4, -0.2) is 39.0 Å². The monoisotopic (exact) mass is 545 g/mol. The van der Waals surface area contributed by atoms with E-state index in [4.69, 9.17) is 14.5 Å². The van der Waals surface area contributed by atoms with Gasteiger partial charge in [0.15, 0.2) is 11.4 Å². The zero-order chi connectivity index (χ0) is 29.0. The second kappa shape index (κ2) is 9.87. The van der Waals surface area contributed by atoms with Crippen LogP contribution in [0.4, 0.5) is 4.79 Å². The van der Waals surface area contributed by atoms with Crippen molar-refractivity contribution in [3.8, 4) is 11.4 Å². The summed E-state index contributed by atoms with van der Waals surface area (Å²) in [5.41, 5.74) is 1.26. The fraction of sp³-hybridized carbons (Fsp3) is 0.452. The van der Waals surface area contributed by atoms with E-state index in [0.29, 0.717) is 29.1 Å². The number of ketones is 1. The van der Waals surface area contributed by atoms with Gasteiger partial charge in [0.05, 0.1) is 23.4 Å². The van der Waals surface area contributed by atoms with Crippen molar-refractivity contribution in [3.63, 3.8) is 0 Å². The highest BCUT2D eigenvalue weighted by Gasteiger charge is 2.49. The molecule has 0 bridgehead atoms. The van der Waals surface area contributed by atoms with E-state index in [2.05, 4.69) is 5.32 Å². The fourth-order valence-electron chi connectivity index (χ4n) is 5.65. The molecular formula is C31H35N3O6. The second-order valence-corrected chi connectivity index (χ2v) is 11.9. The van der Waals surface area contributed by atoms with Crippen LogP contribution in [-0.2, 0) is 37.6 Å². The highest BCUT2D eigenvalue weighted by atomic mass is 16.6. The van der Waals surface area contributed by atoms with Gasteiger partial charge in [0.1, 0.15) is 11.6 Å². The third-order valence-corrected chi connectivity index (χ3v) is 7.63. The highest BCUT2D eigenvalue weighted by Crippen LogP contribution is 2.42. The van der Waals surface area contributed by atoms with Crippen LogP contribution in [0.2, 0.25) is 0 Å². The highest BCUT2D eigenvalue weighted by molar-refractivity contribution is 5.94. The van der Waals surface area contributed by atoms with E-state index in [1.54, 1.807) is 52.2 Å². The largest absolute Gasteiger partial charge is 0.445 e. The first-order valence-electron chi connectivity index (χ1n) is 13.8. The van der Waals surface area contributed by atoms with E-state index >= 15 is 0 Å². The minimum Gasteiger partial charge on any atom is -0.445 e. The summed E-state index contributed by atoms with van der Waals surface area (Å²) in [7, 11) is 0. The Morgan fingerprint density at radius 2 is 1.85 bits per heavy atom. The maximum atomic E-state index is 13.8.